The minimum atomic E-state index is -1.56. The highest BCUT2D eigenvalue weighted by atomic mass is 16.7. The Kier molecular flexibility index (Phi) is 59.0. The van der Waals surface area contributed by atoms with Gasteiger partial charge < -0.3 is 40.3 Å². The molecule has 0 aromatic carbocycles. The van der Waals surface area contributed by atoms with E-state index in [1.165, 1.54) is 180 Å². The number of unbranched alkanes of at least 4 members (excludes halogenated alkanes) is 32. The monoisotopic (exact) mass is 1170 g/mol. The fourth-order valence-corrected chi connectivity index (χ4v) is 10.7. The van der Waals surface area contributed by atoms with Gasteiger partial charge in [0.05, 0.1) is 25.4 Å². The molecule has 6 N–H and O–H groups in total. The van der Waals surface area contributed by atoms with Crippen LogP contribution in [0.5, 0.6) is 0 Å². The number of aliphatic hydroxyl groups is 5. The molecule has 1 saturated heterocycles. The van der Waals surface area contributed by atoms with Gasteiger partial charge in [-0.25, -0.2) is 0 Å². The number of ether oxygens (including phenoxy) is 2. The van der Waals surface area contributed by atoms with E-state index in [0.29, 0.717) is 12.8 Å². The van der Waals surface area contributed by atoms with E-state index >= 15 is 0 Å². The molecule has 7 atom stereocenters. The van der Waals surface area contributed by atoms with Crippen molar-refractivity contribution < 1.29 is 39.8 Å². The molecule has 7 unspecified atom stereocenters. The van der Waals surface area contributed by atoms with Crippen LogP contribution in [-0.4, -0.2) is 87.5 Å². The van der Waals surface area contributed by atoms with Gasteiger partial charge in [0.15, 0.2) is 6.29 Å². The summed E-state index contributed by atoms with van der Waals surface area (Å²) in [5.74, 6) is -0.146. The lowest BCUT2D eigenvalue weighted by Crippen LogP contribution is -2.60. The van der Waals surface area contributed by atoms with Gasteiger partial charge in [-0.15, -0.1) is 0 Å². The third-order valence-electron chi connectivity index (χ3n) is 16.1. The molecule has 0 radical (unpaired) electrons. The van der Waals surface area contributed by atoms with Gasteiger partial charge in [-0.1, -0.05) is 322 Å². The van der Waals surface area contributed by atoms with Crippen molar-refractivity contribution in [1.29, 1.82) is 0 Å². The number of hydrogen-bond donors (Lipinski definition) is 6. The van der Waals surface area contributed by atoms with Crippen LogP contribution >= 0.6 is 0 Å². The standard InChI is InChI=1S/C75H131NO8/c1-3-5-7-9-11-13-15-17-19-21-23-25-26-27-28-29-30-31-32-33-34-35-36-37-38-39-40-41-42-43-44-45-47-49-51-53-55-57-59-61-63-65-71(79)76-68(67-83-75-74(82)73(81)72(80)70(66-77)84-75)69(78)64-62-60-58-56-54-52-50-48-46-24-22-20-18-16-14-12-10-8-6-4-2/h5,7,11,13,17,19,23,25,27-28,30-31,33-34,36-37,39-40,68-70,72-75,77-78,80-82H,3-4,6,8-10,12,14-16,18,20-22,24,26,29,32,35,38,41-67H2,1-2H3,(H,76,79)/b7-5-,13-11-,19-17-,25-23-,28-27-,31-30-,34-33-,37-36-,40-39-. The molecule has 1 rings (SSSR count). The topological polar surface area (TPSA) is 149 Å². The van der Waals surface area contributed by atoms with Crippen molar-refractivity contribution in [3.63, 3.8) is 0 Å². The van der Waals surface area contributed by atoms with Crippen LogP contribution in [-0.2, 0) is 14.3 Å². The number of amides is 1. The summed E-state index contributed by atoms with van der Waals surface area (Å²) in [4.78, 5) is 13.1. The maximum atomic E-state index is 13.1. The molecule has 1 fully saturated rings. The number of carbonyl (C=O) groups excluding carboxylic acids is 1. The van der Waals surface area contributed by atoms with Gasteiger partial charge in [0.2, 0.25) is 5.91 Å². The Hall–Kier alpha value is -3.15. The second-order valence-electron chi connectivity index (χ2n) is 23.9. The van der Waals surface area contributed by atoms with Crippen LogP contribution < -0.4 is 5.32 Å². The van der Waals surface area contributed by atoms with Crippen molar-refractivity contribution in [2.45, 2.75) is 346 Å². The van der Waals surface area contributed by atoms with Crippen LogP contribution in [0.3, 0.4) is 0 Å². The van der Waals surface area contributed by atoms with E-state index in [1.807, 2.05) is 0 Å². The average Bonchev–Trinajstić information content (AvgIpc) is 3.70. The molecule has 9 heteroatoms. The summed E-state index contributed by atoms with van der Waals surface area (Å²) in [7, 11) is 0. The van der Waals surface area contributed by atoms with E-state index in [4.69, 9.17) is 9.47 Å². The fraction of sp³-hybridized carbons (Fsp3) is 0.747. The second-order valence-corrected chi connectivity index (χ2v) is 23.9. The summed E-state index contributed by atoms with van der Waals surface area (Å²) in [6.45, 7) is 3.75. The number of hydrogen-bond acceptors (Lipinski definition) is 8. The first-order valence-corrected chi connectivity index (χ1v) is 35.1. The molecular weight excluding hydrogens is 1040 g/mol. The Bertz CT molecular complexity index is 1690. The molecular formula is C75H131NO8. The Morgan fingerprint density at radius 1 is 0.417 bits per heavy atom. The zero-order chi connectivity index (χ0) is 60.7. The quantitative estimate of drug-likeness (QED) is 0.0261. The zero-order valence-electron chi connectivity index (χ0n) is 54.1. The van der Waals surface area contributed by atoms with E-state index in [2.05, 4.69) is 129 Å². The highest BCUT2D eigenvalue weighted by molar-refractivity contribution is 5.76. The smallest absolute Gasteiger partial charge is 0.220 e. The van der Waals surface area contributed by atoms with Crippen molar-refractivity contribution in [2.75, 3.05) is 13.2 Å². The lowest BCUT2D eigenvalue weighted by atomic mass is 9.99. The lowest BCUT2D eigenvalue weighted by Gasteiger charge is -2.40. The first kappa shape index (κ1) is 78.9. The van der Waals surface area contributed by atoms with Crippen molar-refractivity contribution >= 4 is 5.91 Å². The Morgan fingerprint density at radius 3 is 1.10 bits per heavy atom. The maximum Gasteiger partial charge on any atom is 0.220 e. The number of aliphatic hydroxyl groups excluding tert-OH is 5. The second kappa shape index (κ2) is 62.9. The highest BCUT2D eigenvalue weighted by Crippen LogP contribution is 2.23. The van der Waals surface area contributed by atoms with E-state index in [1.54, 1.807) is 0 Å². The van der Waals surface area contributed by atoms with Gasteiger partial charge in [0.1, 0.15) is 24.4 Å². The molecule has 0 spiro atoms. The van der Waals surface area contributed by atoms with Crippen molar-refractivity contribution in [3.8, 4) is 0 Å². The highest BCUT2D eigenvalue weighted by Gasteiger charge is 2.44. The van der Waals surface area contributed by atoms with E-state index in [-0.39, 0.29) is 12.5 Å². The molecule has 484 valence electrons. The zero-order valence-corrected chi connectivity index (χ0v) is 54.1. The maximum absolute atomic E-state index is 13.1. The molecule has 1 amide bonds. The van der Waals surface area contributed by atoms with Gasteiger partial charge >= 0.3 is 0 Å². The average molecular weight is 1170 g/mol. The molecule has 0 saturated carbocycles. The van der Waals surface area contributed by atoms with Crippen LogP contribution in [0.2, 0.25) is 0 Å². The van der Waals surface area contributed by atoms with Crippen LogP contribution in [0, 0.1) is 0 Å². The summed E-state index contributed by atoms with van der Waals surface area (Å²) in [5, 5.41) is 54.9. The molecule has 1 aliphatic rings. The van der Waals surface area contributed by atoms with E-state index in [0.717, 1.165) is 96.3 Å². The molecule has 84 heavy (non-hydrogen) atoms. The molecule has 0 aromatic heterocycles. The van der Waals surface area contributed by atoms with Gasteiger partial charge in [-0.05, 0) is 83.5 Å². The van der Waals surface area contributed by atoms with Gasteiger partial charge in [0, 0.05) is 6.42 Å². The molecule has 0 aliphatic carbocycles. The van der Waals surface area contributed by atoms with Gasteiger partial charge in [-0.2, -0.15) is 0 Å². The summed E-state index contributed by atoms with van der Waals surface area (Å²) in [5.41, 5.74) is 0. The summed E-state index contributed by atoms with van der Waals surface area (Å²) >= 11 is 0. The summed E-state index contributed by atoms with van der Waals surface area (Å²) in [6.07, 6.45) is 85.7. The summed E-state index contributed by atoms with van der Waals surface area (Å²) in [6, 6.07) is -0.726. The normalized spacial score (nSPS) is 18.9. The van der Waals surface area contributed by atoms with Crippen LogP contribution in [0.25, 0.3) is 0 Å². The molecule has 0 bridgehead atoms. The number of rotatable bonds is 60. The first-order valence-electron chi connectivity index (χ1n) is 35.1. The minimum Gasteiger partial charge on any atom is -0.394 e. The van der Waals surface area contributed by atoms with Crippen molar-refractivity contribution in [1.82, 2.24) is 5.32 Å². The Morgan fingerprint density at radius 2 is 0.738 bits per heavy atom. The largest absolute Gasteiger partial charge is 0.394 e. The molecule has 1 heterocycles. The minimum absolute atomic E-state index is 0.141. The van der Waals surface area contributed by atoms with E-state index in [9.17, 15) is 30.3 Å². The molecule has 0 aromatic rings. The SMILES string of the molecule is CC/C=C\C/C=C\C/C=C\C/C=C\C/C=C\C/C=C\C/C=C\C/C=C\C/C=C\CCCCCCCCCCCCCCCC(=O)NC(COC1OC(CO)C(O)C(O)C1O)C(O)CCCCCCCCCCCCCCCCCCCCCC. The number of nitrogens with one attached hydrogen (secondary N) is 1. The van der Waals surface area contributed by atoms with Crippen molar-refractivity contribution in [3.05, 3.63) is 109 Å². The predicted octanol–water partition coefficient (Wildman–Crippen LogP) is 19.2. The molecule has 1 aliphatic heterocycles. The van der Waals surface area contributed by atoms with Crippen molar-refractivity contribution in [2.24, 2.45) is 0 Å². The Labute approximate surface area is 516 Å². The third kappa shape index (κ3) is 50.9. The predicted molar refractivity (Wildman–Crippen MR) is 359 cm³/mol. The van der Waals surface area contributed by atoms with Crippen LogP contribution in [0.4, 0.5) is 0 Å². The summed E-state index contributed by atoms with van der Waals surface area (Å²) < 4.78 is 11.4. The Balaban J connectivity index is 2.10. The van der Waals surface area contributed by atoms with Gasteiger partial charge in [0.25, 0.3) is 0 Å². The van der Waals surface area contributed by atoms with Crippen LogP contribution in [0.1, 0.15) is 303 Å². The van der Waals surface area contributed by atoms with Crippen LogP contribution in [0.15, 0.2) is 109 Å². The van der Waals surface area contributed by atoms with E-state index < -0.39 is 49.5 Å². The fourth-order valence-electron chi connectivity index (χ4n) is 10.7. The first-order chi connectivity index (χ1) is 41.3. The van der Waals surface area contributed by atoms with Gasteiger partial charge in [-0.3, -0.25) is 4.79 Å². The number of allylic oxidation sites excluding steroid dienone is 18. The number of carbonyl (C=O) groups is 1. The third-order valence-corrected chi connectivity index (χ3v) is 16.1. The molecule has 9 nitrogen and oxygen atoms in total. The lowest BCUT2D eigenvalue weighted by molar-refractivity contribution is -0.302.